The van der Waals surface area contributed by atoms with Crippen LogP contribution < -0.4 is 4.74 Å². The van der Waals surface area contributed by atoms with E-state index in [1.165, 1.54) is 6.20 Å². The maximum atomic E-state index is 11.2. The summed E-state index contributed by atoms with van der Waals surface area (Å²) in [5.41, 5.74) is 0.767. The van der Waals surface area contributed by atoms with Crippen LogP contribution in [0, 0.1) is 6.92 Å². The molecule has 98 valence electrons. The molecular formula is C14H13NO3S. The third-order valence-corrected chi connectivity index (χ3v) is 3.30. The van der Waals surface area contributed by atoms with E-state index in [1.807, 2.05) is 30.5 Å². The van der Waals surface area contributed by atoms with Gasteiger partial charge < -0.3 is 9.84 Å². The highest BCUT2D eigenvalue weighted by Crippen LogP contribution is 2.32. The van der Waals surface area contributed by atoms with Crippen LogP contribution in [0.25, 0.3) is 0 Å². The molecule has 0 radical (unpaired) electrons. The third kappa shape index (κ3) is 3.06. The normalized spacial score (nSPS) is 10.2. The summed E-state index contributed by atoms with van der Waals surface area (Å²) in [5, 5.41) is 9.14. The minimum absolute atomic E-state index is 0.0570. The van der Waals surface area contributed by atoms with Gasteiger partial charge >= 0.3 is 5.97 Å². The highest BCUT2D eigenvalue weighted by atomic mass is 32.2. The number of carboxylic acids is 1. The predicted molar refractivity (Wildman–Crippen MR) is 74.2 cm³/mol. The van der Waals surface area contributed by atoms with Gasteiger partial charge in [0.2, 0.25) is 0 Å². The second-order valence-corrected chi connectivity index (χ2v) is 4.73. The number of hydrogen-bond acceptors (Lipinski definition) is 4. The van der Waals surface area contributed by atoms with E-state index in [1.54, 1.807) is 24.8 Å². The van der Waals surface area contributed by atoms with Gasteiger partial charge in [-0.15, -0.1) is 11.8 Å². The number of benzene rings is 1. The van der Waals surface area contributed by atoms with Gasteiger partial charge in [-0.2, -0.15) is 0 Å². The van der Waals surface area contributed by atoms with Crippen molar-refractivity contribution in [1.29, 1.82) is 0 Å². The van der Waals surface area contributed by atoms with Crippen molar-refractivity contribution in [3.05, 3.63) is 47.8 Å². The monoisotopic (exact) mass is 275 g/mol. The molecule has 1 N–H and O–H groups in total. The van der Waals surface area contributed by atoms with E-state index in [9.17, 15) is 4.79 Å². The summed E-state index contributed by atoms with van der Waals surface area (Å²) in [6, 6.07) is 9.13. The average Bonchev–Trinajstić information content (AvgIpc) is 2.39. The molecule has 1 aromatic carbocycles. The topological polar surface area (TPSA) is 59.4 Å². The number of hydrogen-bond donors (Lipinski definition) is 1. The van der Waals surface area contributed by atoms with Crippen molar-refractivity contribution < 1.29 is 14.6 Å². The number of nitrogens with zero attached hydrogens (tertiary/aromatic N) is 1. The second kappa shape index (κ2) is 5.75. The van der Waals surface area contributed by atoms with Crippen LogP contribution in [0.1, 0.15) is 16.1 Å². The van der Waals surface area contributed by atoms with E-state index in [2.05, 4.69) is 4.98 Å². The third-order valence-electron chi connectivity index (χ3n) is 2.52. The molecule has 0 aliphatic rings. The zero-order valence-corrected chi connectivity index (χ0v) is 11.4. The molecule has 1 heterocycles. The van der Waals surface area contributed by atoms with Crippen LogP contribution in [0.2, 0.25) is 0 Å². The summed E-state index contributed by atoms with van der Waals surface area (Å²) < 4.78 is 5.73. The lowest BCUT2D eigenvalue weighted by molar-refractivity contribution is 0.0693. The summed E-state index contributed by atoms with van der Waals surface area (Å²) in [4.78, 5) is 16.1. The Hall–Kier alpha value is -2.01. The number of pyridine rings is 1. The van der Waals surface area contributed by atoms with E-state index in [0.717, 1.165) is 4.90 Å². The highest BCUT2D eigenvalue weighted by Gasteiger charge is 2.14. The van der Waals surface area contributed by atoms with Crippen LogP contribution in [0.3, 0.4) is 0 Å². The van der Waals surface area contributed by atoms with Crippen molar-refractivity contribution in [3.63, 3.8) is 0 Å². The first kappa shape index (κ1) is 13.4. The molecule has 0 fully saturated rings. The largest absolute Gasteiger partial charge is 0.477 e. The first-order valence-corrected chi connectivity index (χ1v) is 6.85. The summed E-state index contributed by atoms with van der Waals surface area (Å²) >= 11 is 1.55. The maximum absolute atomic E-state index is 11.2. The number of aromatic nitrogens is 1. The number of carbonyl (C=O) groups is 1. The molecule has 1 aromatic heterocycles. The maximum Gasteiger partial charge on any atom is 0.341 e. The lowest BCUT2D eigenvalue weighted by atomic mass is 10.2. The van der Waals surface area contributed by atoms with Gasteiger partial charge in [0.15, 0.2) is 0 Å². The Balaban J connectivity index is 2.42. The molecule has 0 saturated carbocycles. The fourth-order valence-electron chi connectivity index (χ4n) is 1.60. The zero-order chi connectivity index (χ0) is 13.8. The van der Waals surface area contributed by atoms with Gasteiger partial charge in [0.1, 0.15) is 17.1 Å². The fourth-order valence-corrected chi connectivity index (χ4v) is 2.13. The van der Waals surface area contributed by atoms with Crippen LogP contribution >= 0.6 is 11.8 Å². The van der Waals surface area contributed by atoms with Crippen LogP contribution in [0.15, 0.2) is 41.4 Å². The van der Waals surface area contributed by atoms with Gasteiger partial charge in [0, 0.05) is 22.9 Å². The highest BCUT2D eigenvalue weighted by molar-refractivity contribution is 7.98. The van der Waals surface area contributed by atoms with Gasteiger partial charge in [-0.05, 0) is 25.3 Å². The van der Waals surface area contributed by atoms with Crippen molar-refractivity contribution in [2.24, 2.45) is 0 Å². The Morgan fingerprint density at radius 2 is 2.05 bits per heavy atom. The van der Waals surface area contributed by atoms with Crippen LogP contribution in [0.5, 0.6) is 11.5 Å². The molecule has 2 aromatic rings. The number of aryl methyl sites for hydroxylation is 1. The predicted octanol–water partition coefficient (Wildman–Crippen LogP) is 3.60. The smallest absolute Gasteiger partial charge is 0.341 e. The summed E-state index contributed by atoms with van der Waals surface area (Å²) in [6.45, 7) is 1.79. The Bertz CT molecular complexity index is 613. The minimum Gasteiger partial charge on any atom is -0.477 e. The number of ether oxygens (including phenoxy) is 1. The number of aromatic carboxylic acids is 1. The lowest BCUT2D eigenvalue weighted by Gasteiger charge is -2.11. The van der Waals surface area contributed by atoms with Crippen molar-refractivity contribution in [1.82, 2.24) is 4.98 Å². The first-order valence-electron chi connectivity index (χ1n) is 5.62. The molecule has 0 spiro atoms. The van der Waals surface area contributed by atoms with Crippen molar-refractivity contribution >= 4 is 17.7 Å². The van der Waals surface area contributed by atoms with Crippen LogP contribution in [0.4, 0.5) is 0 Å². The zero-order valence-electron chi connectivity index (χ0n) is 10.6. The quantitative estimate of drug-likeness (QED) is 0.864. The van der Waals surface area contributed by atoms with Crippen LogP contribution in [-0.4, -0.2) is 22.3 Å². The van der Waals surface area contributed by atoms with E-state index >= 15 is 0 Å². The van der Waals surface area contributed by atoms with Gasteiger partial charge in [-0.25, -0.2) is 4.79 Å². The number of carboxylic acid groups (broad SMARTS) is 1. The van der Waals surface area contributed by atoms with Gasteiger partial charge in [0.25, 0.3) is 0 Å². The van der Waals surface area contributed by atoms with Crippen LogP contribution in [-0.2, 0) is 0 Å². The Kier molecular flexibility index (Phi) is 4.06. The van der Waals surface area contributed by atoms with E-state index in [0.29, 0.717) is 17.2 Å². The van der Waals surface area contributed by atoms with Crippen molar-refractivity contribution in [2.75, 3.05) is 6.26 Å². The fraction of sp³-hybridized carbons (Fsp3) is 0.143. The molecule has 4 nitrogen and oxygen atoms in total. The molecule has 0 saturated heterocycles. The molecule has 19 heavy (non-hydrogen) atoms. The molecule has 2 rings (SSSR count). The minimum atomic E-state index is -1.05. The molecule has 0 atom stereocenters. The molecule has 0 unspecified atom stereocenters. The summed E-state index contributed by atoms with van der Waals surface area (Å²) in [5.74, 6) is -0.103. The molecular weight excluding hydrogens is 262 g/mol. The molecule has 0 aliphatic heterocycles. The Labute approximate surface area is 115 Å². The van der Waals surface area contributed by atoms with Gasteiger partial charge in [0.05, 0.1) is 0 Å². The lowest BCUT2D eigenvalue weighted by Crippen LogP contribution is -2.02. The summed E-state index contributed by atoms with van der Waals surface area (Å²) in [7, 11) is 0. The van der Waals surface area contributed by atoms with Crippen molar-refractivity contribution in [2.45, 2.75) is 11.8 Å². The first-order chi connectivity index (χ1) is 9.11. The van der Waals surface area contributed by atoms with E-state index in [-0.39, 0.29) is 5.56 Å². The van der Waals surface area contributed by atoms with E-state index in [4.69, 9.17) is 9.84 Å². The number of para-hydroxylation sites is 1. The molecule has 0 aliphatic carbocycles. The second-order valence-electron chi connectivity index (χ2n) is 3.88. The van der Waals surface area contributed by atoms with E-state index < -0.39 is 5.97 Å². The van der Waals surface area contributed by atoms with Gasteiger partial charge in [-0.3, -0.25) is 4.98 Å². The standard InChI is InChI=1S/C14H13NO3S/c1-9-7-12(10(8-15-9)14(16)17)18-11-5-3-4-6-13(11)19-2/h3-8H,1-2H3,(H,16,17). The van der Waals surface area contributed by atoms with Gasteiger partial charge in [-0.1, -0.05) is 12.1 Å². The molecule has 5 heteroatoms. The van der Waals surface area contributed by atoms with Crippen molar-refractivity contribution in [3.8, 4) is 11.5 Å². The number of rotatable bonds is 4. The summed E-state index contributed by atoms with van der Waals surface area (Å²) in [6.07, 6.45) is 3.26. The Morgan fingerprint density at radius 3 is 2.74 bits per heavy atom. The molecule has 0 amide bonds. The Morgan fingerprint density at radius 1 is 1.32 bits per heavy atom. The average molecular weight is 275 g/mol. The SMILES string of the molecule is CSc1ccccc1Oc1cc(C)ncc1C(=O)O. The molecule has 0 bridgehead atoms. The number of thioether (sulfide) groups is 1.